The molecule has 1 aromatic heterocycles. The Morgan fingerprint density at radius 2 is 2.05 bits per heavy atom. The number of benzene rings is 1. The van der Waals surface area contributed by atoms with Crippen LogP contribution in [0.5, 0.6) is 0 Å². The molecule has 1 amide bonds. The SMILES string of the molecule is CC(=O)N1CCCN(c2ccc(N)c3cccnc23)CC1. The molecule has 0 bridgehead atoms. The predicted octanol–water partition coefficient (Wildman–Crippen LogP) is 1.88. The molecule has 3 rings (SSSR count). The van der Waals surface area contributed by atoms with Crippen molar-refractivity contribution in [1.82, 2.24) is 9.88 Å². The molecule has 2 aromatic rings. The number of carbonyl (C=O) groups is 1. The second-order valence-corrected chi connectivity index (χ2v) is 5.42. The summed E-state index contributed by atoms with van der Waals surface area (Å²) in [7, 11) is 0. The largest absolute Gasteiger partial charge is 0.398 e. The summed E-state index contributed by atoms with van der Waals surface area (Å²) >= 11 is 0. The maximum absolute atomic E-state index is 11.5. The highest BCUT2D eigenvalue weighted by Crippen LogP contribution is 2.29. The van der Waals surface area contributed by atoms with Gasteiger partial charge in [0.1, 0.15) is 0 Å². The second-order valence-electron chi connectivity index (χ2n) is 5.42. The molecule has 2 N–H and O–H groups in total. The van der Waals surface area contributed by atoms with Gasteiger partial charge in [0.15, 0.2) is 0 Å². The average Bonchev–Trinajstić information content (AvgIpc) is 2.74. The molecule has 5 nitrogen and oxygen atoms in total. The van der Waals surface area contributed by atoms with Crippen LogP contribution in [0.4, 0.5) is 11.4 Å². The highest BCUT2D eigenvalue weighted by molar-refractivity contribution is 5.98. The van der Waals surface area contributed by atoms with Crippen molar-refractivity contribution in [3.63, 3.8) is 0 Å². The highest BCUT2D eigenvalue weighted by Gasteiger charge is 2.18. The van der Waals surface area contributed by atoms with Crippen molar-refractivity contribution in [3.8, 4) is 0 Å². The lowest BCUT2D eigenvalue weighted by Crippen LogP contribution is -2.33. The molecule has 1 aliphatic rings. The van der Waals surface area contributed by atoms with Gasteiger partial charge < -0.3 is 15.5 Å². The van der Waals surface area contributed by atoms with Gasteiger partial charge in [-0.15, -0.1) is 0 Å². The van der Waals surface area contributed by atoms with E-state index in [0.717, 1.165) is 54.9 Å². The first kappa shape index (κ1) is 13.7. The van der Waals surface area contributed by atoms with E-state index in [1.807, 2.05) is 29.2 Å². The average molecular weight is 284 g/mol. The van der Waals surface area contributed by atoms with Crippen LogP contribution < -0.4 is 10.6 Å². The molecule has 0 spiro atoms. The minimum absolute atomic E-state index is 0.150. The van der Waals surface area contributed by atoms with Crippen LogP contribution in [-0.4, -0.2) is 42.0 Å². The molecule has 0 unspecified atom stereocenters. The van der Waals surface area contributed by atoms with Crippen LogP contribution in [0.3, 0.4) is 0 Å². The van der Waals surface area contributed by atoms with Gasteiger partial charge in [-0.25, -0.2) is 0 Å². The standard InChI is InChI=1S/C16H20N4O/c1-12(21)19-8-3-9-20(11-10-19)15-6-5-14(17)13-4-2-7-18-16(13)15/h2,4-7H,3,8-11,17H2,1H3. The molecule has 0 saturated carbocycles. The molecule has 0 radical (unpaired) electrons. The Morgan fingerprint density at radius 1 is 1.19 bits per heavy atom. The fourth-order valence-corrected chi connectivity index (χ4v) is 2.91. The summed E-state index contributed by atoms with van der Waals surface area (Å²) in [5.41, 5.74) is 8.83. The summed E-state index contributed by atoms with van der Waals surface area (Å²) in [6.45, 7) is 4.98. The zero-order valence-corrected chi connectivity index (χ0v) is 12.2. The van der Waals surface area contributed by atoms with Crippen molar-refractivity contribution >= 4 is 28.2 Å². The van der Waals surface area contributed by atoms with E-state index in [9.17, 15) is 4.79 Å². The number of nitrogen functional groups attached to an aromatic ring is 1. The van der Waals surface area contributed by atoms with Gasteiger partial charge in [-0.1, -0.05) is 0 Å². The van der Waals surface area contributed by atoms with Gasteiger partial charge in [0.2, 0.25) is 5.91 Å². The van der Waals surface area contributed by atoms with E-state index in [1.54, 1.807) is 13.1 Å². The summed E-state index contributed by atoms with van der Waals surface area (Å²) in [6, 6.07) is 7.88. The van der Waals surface area contributed by atoms with Crippen LogP contribution in [0.2, 0.25) is 0 Å². The number of hydrogen-bond donors (Lipinski definition) is 1. The van der Waals surface area contributed by atoms with Crippen molar-refractivity contribution < 1.29 is 4.79 Å². The van der Waals surface area contributed by atoms with Crippen molar-refractivity contribution in [2.24, 2.45) is 0 Å². The Morgan fingerprint density at radius 3 is 2.86 bits per heavy atom. The molecule has 1 aromatic carbocycles. The lowest BCUT2D eigenvalue weighted by atomic mass is 10.1. The Kier molecular flexibility index (Phi) is 3.64. The normalized spacial score (nSPS) is 16.0. The second kappa shape index (κ2) is 5.60. The number of hydrogen-bond acceptors (Lipinski definition) is 4. The first-order valence-corrected chi connectivity index (χ1v) is 7.30. The molecule has 1 aliphatic heterocycles. The minimum Gasteiger partial charge on any atom is -0.398 e. The van der Waals surface area contributed by atoms with Crippen LogP contribution in [-0.2, 0) is 4.79 Å². The van der Waals surface area contributed by atoms with Crippen molar-refractivity contribution in [3.05, 3.63) is 30.5 Å². The molecule has 1 saturated heterocycles. The highest BCUT2D eigenvalue weighted by atomic mass is 16.2. The van der Waals surface area contributed by atoms with Gasteiger partial charge in [0.05, 0.1) is 11.2 Å². The number of pyridine rings is 1. The van der Waals surface area contributed by atoms with Crippen molar-refractivity contribution in [2.45, 2.75) is 13.3 Å². The molecule has 0 atom stereocenters. The number of rotatable bonds is 1. The van der Waals surface area contributed by atoms with Crippen LogP contribution in [0, 0.1) is 0 Å². The number of fused-ring (bicyclic) bond motifs is 1. The van der Waals surface area contributed by atoms with E-state index in [2.05, 4.69) is 9.88 Å². The molecule has 0 aliphatic carbocycles. The number of amides is 1. The smallest absolute Gasteiger partial charge is 0.219 e. The lowest BCUT2D eigenvalue weighted by Gasteiger charge is -2.24. The third-order valence-electron chi connectivity index (χ3n) is 4.06. The Labute approximate surface area is 124 Å². The monoisotopic (exact) mass is 284 g/mol. The quantitative estimate of drug-likeness (QED) is 0.812. The Hall–Kier alpha value is -2.30. The minimum atomic E-state index is 0.150. The van der Waals surface area contributed by atoms with E-state index >= 15 is 0 Å². The third kappa shape index (κ3) is 2.63. The number of aromatic nitrogens is 1. The van der Waals surface area contributed by atoms with Gasteiger partial charge >= 0.3 is 0 Å². The van der Waals surface area contributed by atoms with Crippen LogP contribution in [0.25, 0.3) is 10.9 Å². The Balaban J connectivity index is 1.94. The van der Waals surface area contributed by atoms with Gasteiger partial charge in [0.25, 0.3) is 0 Å². The summed E-state index contributed by atoms with van der Waals surface area (Å²) in [5, 5.41) is 0.989. The van der Waals surface area contributed by atoms with Gasteiger partial charge in [-0.2, -0.15) is 0 Å². The summed E-state index contributed by atoms with van der Waals surface area (Å²) in [6.07, 6.45) is 2.77. The number of nitrogens with zero attached hydrogens (tertiary/aromatic N) is 3. The van der Waals surface area contributed by atoms with Crippen LogP contribution >= 0.6 is 0 Å². The summed E-state index contributed by atoms with van der Waals surface area (Å²) in [4.78, 5) is 20.2. The summed E-state index contributed by atoms with van der Waals surface area (Å²) in [5.74, 6) is 0.150. The summed E-state index contributed by atoms with van der Waals surface area (Å²) < 4.78 is 0. The Bertz CT molecular complexity index is 670. The molecule has 110 valence electrons. The molecule has 2 heterocycles. The molecule has 1 fully saturated rings. The maximum atomic E-state index is 11.5. The number of nitrogens with two attached hydrogens (primary N) is 1. The van der Waals surface area contributed by atoms with E-state index < -0.39 is 0 Å². The predicted molar refractivity (Wildman–Crippen MR) is 85.2 cm³/mol. The zero-order chi connectivity index (χ0) is 14.8. The van der Waals surface area contributed by atoms with Gasteiger partial charge in [-0.3, -0.25) is 9.78 Å². The number of carbonyl (C=O) groups excluding carboxylic acids is 1. The first-order chi connectivity index (χ1) is 10.2. The van der Waals surface area contributed by atoms with Crippen molar-refractivity contribution in [2.75, 3.05) is 36.8 Å². The van der Waals surface area contributed by atoms with E-state index in [4.69, 9.17) is 5.73 Å². The van der Waals surface area contributed by atoms with Gasteiger partial charge in [0, 0.05) is 50.4 Å². The molecular formula is C16H20N4O. The number of anilines is 2. The topological polar surface area (TPSA) is 62.5 Å². The van der Waals surface area contributed by atoms with E-state index in [0.29, 0.717) is 0 Å². The van der Waals surface area contributed by atoms with Crippen molar-refractivity contribution in [1.29, 1.82) is 0 Å². The third-order valence-corrected chi connectivity index (χ3v) is 4.06. The lowest BCUT2D eigenvalue weighted by molar-refractivity contribution is -0.128. The fourth-order valence-electron chi connectivity index (χ4n) is 2.91. The van der Waals surface area contributed by atoms with E-state index in [-0.39, 0.29) is 5.91 Å². The van der Waals surface area contributed by atoms with Gasteiger partial charge in [-0.05, 0) is 30.7 Å². The van der Waals surface area contributed by atoms with Crippen LogP contribution in [0.15, 0.2) is 30.5 Å². The molecular weight excluding hydrogens is 264 g/mol. The molecule has 21 heavy (non-hydrogen) atoms. The fraction of sp³-hybridized carbons (Fsp3) is 0.375. The van der Waals surface area contributed by atoms with E-state index in [1.165, 1.54) is 0 Å². The molecule has 5 heteroatoms. The van der Waals surface area contributed by atoms with Crippen LogP contribution in [0.1, 0.15) is 13.3 Å². The first-order valence-electron chi connectivity index (χ1n) is 7.30. The zero-order valence-electron chi connectivity index (χ0n) is 12.2. The maximum Gasteiger partial charge on any atom is 0.219 e.